The summed E-state index contributed by atoms with van der Waals surface area (Å²) in [5, 5.41) is 4.08. The average Bonchev–Trinajstić information content (AvgIpc) is 2.93. The molecule has 0 aliphatic carbocycles. The van der Waals surface area contributed by atoms with Crippen molar-refractivity contribution >= 4 is 5.91 Å². The molecule has 25 heavy (non-hydrogen) atoms. The Morgan fingerprint density at radius 3 is 2.72 bits per heavy atom. The molecule has 2 heterocycles. The Morgan fingerprint density at radius 2 is 2.00 bits per heavy atom. The van der Waals surface area contributed by atoms with Crippen LogP contribution in [0.2, 0.25) is 0 Å². The van der Waals surface area contributed by atoms with Crippen LogP contribution in [0.5, 0.6) is 5.75 Å². The molecule has 3 rings (SSSR count). The summed E-state index contributed by atoms with van der Waals surface area (Å²) in [6, 6.07) is 7.66. The summed E-state index contributed by atoms with van der Waals surface area (Å²) in [6.45, 7) is 8.13. The number of ether oxygens (including phenoxy) is 1. The zero-order chi connectivity index (χ0) is 17.6. The van der Waals surface area contributed by atoms with Crippen LogP contribution in [-0.2, 0) is 11.3 Å². The normalized spacial score (nSPS) is 15.8. The summed E-state index contributed by atoms with van der Waals surface area (Å²) in [7, 11) is 0. The van der Waals surface area contributed by atoms with Crippen LogP contribution in [-0.4, -0.2) is 58.6 Å². The first-order valence-corrected chi connectivity index (χ1v) is 8.69. The molecule has 1 amide bonds. The van der Waals surface area contributed by atoms with Crippen molar-refractivity contribution < 1.29 is 14.1 Å². The van der Waals surface area contributed by atoms with Gasteiger partial charge in [0.2, 0.25) is 17.6 Å². The van der Waals surface area contributed by atoms with Gasteiger partial charge in [0.15, 0.2) is 0 Å². The Hall–Kier alpha value is -2.41. The first-order chi connectivity index (χ1) is 12.2. The predicted octanol–water partition coefficient (Wildman–Crippen LogP) is 2.19. The van der Waals surface area contributed by atoms with E-state index in [0.29, 0.717) is 24.9 Å². The van der Waals surface area contributed by atoms with Gasteiger partial charge >= 0.3 is 0 Å². The van der Waals surface area contributed by atoms with Gasteiger partial charge in [-0.1, -0.05) is 5.16 Å². The zero-order valence-electron chi connectivity index (χ0n) is 14.8. The van der Waals surface area contributed by atoms with Crippen LogP contribution >= 0.6 is 0 Å². The lowest BCUT2D eigenvalue weighted by molar-refractivity contribution is -0.128. The fraction of sp³-hybridized carbons (Fsp3) is 0.500. The topological polar surface area (TPSA) is 71.7 Å². The zero-order valence-corrected chi connectivity index (χ0v) is 14.8. The highest BCUT2D eigenvalue weighted by Crippen LogP contribution is 2.20. The van der Waals surface area contributed by atoms with Crippen molar-refractivity contribution in [2.75, 3.05) is 32.8 Å². The van der Waals surface area contributed by atoms with Gasteiger partial charge in [-0.25, -0.2) is 0 Å². The van der Waals surface area contributed by atoms with Crippen molar-refractivity contribution in [2.45, 2.75) is 26.8 Å². The molecule has 134 valence electrons. The van der Waals surface area contributed by atoms with Crippen LogP contribution in [0.15, 0.2) is 28.8 Å². The van der Waals surface area contributed by atoms with Crippen LogP contribution in [0.1, 0.15) is 26.2 Å². The van der Waals surface area contributed by atoms with E-state index in [1.807, 2.05) is 36.1 Å². The number of rotatable bonds is 5. The van der Waals surface area contributed by atoms with E-state index in [4.69, 9.17) is 9.26 Å². The van der Waals surface area contributed by atoms with Crippen molar-refractivity contribution in [2.24, 2.45) is 0 Å². The van der Waals surface area contributed by atoms with Crippen LogP contribution in [0, 0.1) is 0 Å². The number of benzene rings is 1. The number of nitrogens with zero attached hydrogens (tertiary/aromatic N) is 4. The number of carbonyl (C=O) groups is 1. The second-order valence-electron chi connectivity index (χ2n) is 6.10. The Morgan fingerprint density at radius 1 is 1.20 bits per heavy atom. The molecule has 0 unspecified atom stereocenters. The highest BCUT2D eigenvalue weighted by atomic mass is 16.5. The molecule has 0 atom stereocenters. The van der Waals surface area contributed by atoms with Gasteiger partial charge in [-0.15, -0.1) is 0 Å². The van der Waals surface area contributed by atoms with E-state index in [1.54, 1.807) is 6.92 Å². The van der Waals surface area contributed by atoms with Gasteiger partial charge in [-0.2, -0.15) is 4.98 Å². The summed E-state index contributed by atoms with van der Waals surface area (Å²) in [5.74, 6) is 2.14. The van der Waals surface area contributed by atoms with Crippen LogP contribution in [0.4, 0.5) is 0 Å². The number of aromatic nitrogens is 2. The summed E-state index contributed by atoms with van der Waals surface area (Å²) in [6.07, 6.45) is 0.958. The molecule has 0 saturated carbocycles. The van der Waals surface area contributed by atoms with Crippen LogP contribution in [0.3, 0.4) is 0 Å². The maximum absolute atomic E-state index is 11.5. The predicted molar refractivity (Wildman–Crippen MR) is 93.1 cm³/mol. The largest absolute Gasteiger partial charge is 0.494 e. The van der Waals surface area contributed by atoms with E-state index < -0.39 is 0 Å². The molecule has 1 aliphatic heterocycles. The molecular weight excluding hydrogens is 320 g/mol. The maximum atomic E-state index is 11.5. The third-order valence-electron chi connectivity index (χ3n) is 4.28. The number of hydrogen-bond acceptors (Lipinski definition) is 6. The quantitative estimate of drug-likeness (QED) is 0.828. The third-order valence-corrected chi connectivity index (χ3v) is 4.28. The lowest BCUT2D eigenvalue weighted by Gasteiger charge is -2.19. The molecule has 0 bridgehead atoms. The van der Waals surface area contributed by atoms with Gasteiger partial charge in [0.05, 0.1) is 13.2 Å². The molecule has 0 spiro atoms. The lowest BCUT2D eigenvalue weighted by Crippen LogP contribution is -2.33. The van der Waals surface area contributed by atoms with Crippen molar-refractivity contribution in [1.29, 1.82) is 0 Å². The first kappa shape index (κ1) is 17.4. The third kappa shape index (κ3) is 4.57. The van der Waals surface area contributed by atoms with E-state index in [1.165, 1.54) is 0 Å². The molecule has 2 aromatic rings. The molecule has 1 saturated heterocycles. The van der Waals surface area contributed by atoms with Crippen LogP contribution in [0.25, 0.3) is 11.4 Å². The second-order valence-corrected chi connectivity index (χ2v) is 6.10. The van der Waals surface area contributed by atoms with Crippen molar-refractivity contribution in [1.82, 2.24) is 19.9 Å². The van der Waals surface area contributed by atoms with Gasteiger partial charge in [0.1, 0.15) is 5.75 Å². The Kier molecular flexibility index (Phi) is 5.65. The van der Waals surface area contributed by atoms with Gasteiger partial charge in [-0.05, 0) is 37.6 Å². The van der Waals surface area contributed by atoms with E-state index >= 15 is 0 Å². The summed E-state index contributed by atoms with van der Waals surface area (Å²) < 4.78 is 10.8. The summed E-state index contributed by atoms with van der Waals surface area (Å²) >= 11 is 0. The molecule has 1 aromatic carbocycles. The van der Waals surface area contributed by atoms with Crippen molar-refractivity contribution in [3.8, 4) is 17.1 Å². The van der Waals surface area contributed by atoms with Gasteiger partial charge in [0, 0.05) is 38.7 Å². The van der Waals surface area contributed by atoms with Gasteiger partial charge in [-0.3, -0.25) is 9.69 Å². The number of hydrogen-bond donors (Lipinski definition) is 0. The van der Waals surface area contributed by atoms with Crippen LogP contribution < -0.4 is 4.74 Å². The van der Waals surface area contributed by atoms with E-state index in [2.05, 4.69) is 15.0 Å². The van der Waals surface area contributed by atoms with Crippen molar-refractivity contribution in [3.63, 3.8) is 0 Å². The minimum Gasteiger partial charge on any atom is -0.494 e. The fourth-order valence-corrected chi connectivity index (χ4v) is 2.94. The molecule has 7 heteroatoms. The monoisotopic (exact) mass is 344 g/mol. The summed E-state index contributed by atoms with van der Waals surface area (Å²) in [4.78, 5) is 20.1. The highest BCUT2D eigenvalue weighted by molar-refractivity contribution is 5.73. The minimum absolute atomic E-state index is 0.137. The Labute approximate surface area is 147 Å². The van der Waals surface area contributed by atoms with Crippen molar-refractivity contribution in [3.05, 3.63) is 30.2 Å². The second kappa shape index (κ2) is 8.11. The summed E-state index contributed by atoms with van der Waals surface area (Å²) in [5.41, 5.74) is 0.900. The number of amides is 1. The van der Waals surface area contributed by atoms with E-state index in [0.717, 1.165) is 43.9 Å². The first-order valence-electron chi connectivity index (χ1n) is 8.69. The maximum Gasteiger partial charge on any atom is 0.241 e. The van der Waals surface area contributed by atoms with Gasteiger partial charge < -0.3 is 14.2 Å². The molecule has 1 aromatic heterocycles. The molecule has 1 aliphatic rings. The smallest absolute Gasteiger partial charge is 0.241 e. The van der Waals surface area contributed by atoms with E-state index in [9.17, 15) is 4.79 Å². The lowest BCUT2D eigenvalue weighted by atomic mass is 10.2. The Bertz CT molecular complexity index is 699. The Balaban J connectivity index is 1.60. The molecule has 0 radical (unpaired) electrons. The standard InChI is InChI=1S/C18H24N4O3/c1-3-24-16-7-5-15(6-8-16)18-19-17(25-20-18)13-21-9-4-10-22(12-11-21)14(2)23/h5-8H,3-4,9-13H2,1-2H3. The molecule has 7 nitrogen and oxygen atoms in total. The minimum atomic E-state index is 0.137. The fourth-order valence-electron chi connectivity index (χ4n) is 2.94. The SMILES string of the molecule is CCOc1ccc(-c2noc(CN3CCCN(C(C)=O)CC3)n2)cc1. The van der Waals surface area contributed by atoms with E-state index in [-0.39, 0.29) is 5.91 Å². The number of carbonyl (C=O) groups excluding carboxylic acids is 1. The molecular formula is C18H24N4O3. The average molecular weight is 344 g/mol. The highest BCUT2D eigenvalue weighted by Gasteiger charge is 2.19. The molecule has 1 fully saturated rings. The van der Waals surface area contributed by atoms with Gasteiger partial charge in [0.25, 0.3) is 0 Å². The molecule has 0 N–H and O–H groups in total.